The summed E-state index contributed by atoms with van der Waals surface area (Å²) in [5.41, 5.74) is 2.78. The lowest BCUT2D eigenvalue weighted by Crippen LogP contribution is -2.22. The standard InChI is InChI=1S/C17H18N2O3S/c1-11-7-8-16(9-12(11)2)23-13(3)17(20)18-14-5-4-6-15(10-14)19(21)22/h4-10,13H,1-3H3,(H,18,20)/t13-/m0/s1. The monoisotopic (exact) mass is 330 g/mol. The highest BCUT2D eigenvalue weighted by Crippen LogP contribution is 2.26. The molecule has 6 heteroatoms. The van der Waals surface area contributed by atoms with Crippen LogP contribution in [0.3, 0.4) is 0 Å². The Hall–Kier alpha value is -2.34. The van der Waals surface area contributed by atoms with Gasteiger partial charge in [0.25, 0.3) is 5.69 Å². The van der Waals surface area contributed by atoms with Crippen molar-refractivity contribution in [3.05, 3.63) is 63.7 Å². The van der Waals surface area contributed by atoms with Crippen molar-refractivity contribution < 1.29 is 9.72 Å². The first-order valence-corrected chi connectivity index (χ1v) is 8.04. The van der Waals surface area contributed by atoms with Crippen molar-refractivity contribution in [3.63, 3.8) is 0 Å². The van der Waals surface area contributed by atoms with E-state index in [-0.39, 0.29) is 16.8 Å². The van der Waals surface area contributed by atoms with Crippen LogP contribution in [-0.2, 0) is 4.79 Å². The van der Waals surface area contributed by atoms with E-state index in [1.807, 2.05) is 32.9 Å². The van der Waals surface area contributed by atoms with E-state index in [4.69, 9.17) is 0 Å². The zero-order valence-electron chi connectivity index (χ0n) is 13.2. The first-order chi connectivity index (χ1) is 10.9. The van der Waals surface area contributed by atoms with Gasteiger partial charge in [0, 0.05) is 22.7 Å². The van der Waals surface area contributed by atoms with Crippen molar-refractivity contribution in [3.8, 4) is 0 Å². The predicted octanol–water partition coefficient (Wildman–Crippen LogP) is 4.33. The Bertz CT molecular complexity index is 746. The molecule has 23 heavy (non-hydrogen) atoms. The van der Waals surface area contributed by atoms with E-state index in [2.05, 4.69) is 11.4 Å². The number of nitro benzene ring substituents is 1. The molecule has 1 amide bonds. The van der Waals surface area contributed by atoms with Gasteiger partial charge < -0.3 is 5.32 Å². The number of aryl methyl sites for hydroxylation is 2. The van der Waals surface area contributed by atoms with Crippen LogP contribution in [0.25, 0.3) is 0 Å². The van der Waals surface area contributed by atoms with Gasteiger partial charge in [-0.05, 0) is 50.1 Å². The topological polar surface area (TPSA) is 72.2 Å². The summed E-state index contributed by atoms with van der Waals surface area (Å²) in [4.78, 5) is 23.5. The molecule has 0 aliphatic carbocycles. The minimum atomic E-state index is -0.483. The summed E-state index contributed by atoms with van der Waals surface area (Å²) >= 11 is 1.46. The fourth-order valence-corrected chi connectivity index (χ4v) is 2.95. The Morgan fingerprint density at radius 3 is 2.57 bits per heavy atom. The molecule has 5 nitrogen and oxygen atoms in total. The maximum Gasteiger partial charge on any atom is 0.271 e. The van der Waals surface area contributed by atoms with Crippen LogP contribution in [0.4, 0.5) is 11.4 Å². The number of carbonyl (C=O) groups excluding carboxylic acids is 1. The third-order valence-corrected chi connectivity index (χ3v) is 4.58. The van der Waals surface area contributed by atoms with Crippen molar-refractivity contribution in [2.24, 2.45) is 0 Å². The molecule has 0 heterocycles. The average Bonchev–Trinajstić information content (AvgIpc) is 2.51. The van der Waals surface area contributed by atoms with Gasteiger partial charge in [-0.1, -0.05) is 12.1 Å². The largest absolute Gasteiger partial charge is 0.325 e. The minimum absolute atomic E-state index is 0.0442. The third-order valence-electron chi connectivity index (χ3n) is 3.48. The maximum absolute atomic E-state index is 12.2. The third kappa shape index (κ3) is 4.56. The van der Waals surface area contributed by atoms with Gasteiger partial charge in [-0.15, -0.1) is 11.8 Å². The van der Waals surface area contributed by atoms with Gasteiger partial charge in [0.05, 0.1) is 10.2 Å². The summed E-state index contributed by atoms with van der Waals surface area (Å²) < 4.78 is 0. The summed E-state index contributed by atoms with van der Waals surface area (Å²) in [5.74, 6) is -0.186. The molecule has 2 aromatic carbocycles. The highest BCUT2D eigenvalue weighted by Gasteiger charge is 2.16. The van der Waals surface area contributed by atoms with Crippen LogP contribution in [-0.4, -0.2) is 16.1 Å². The number of hydrogen-bond donors (Lipinski definition) is 1. The number of hydrogen-bond acceptors (Lipinski definition) is 4. The molecule has 0 aliphatic heterocycles. The fourth-order valence-electron chi connectivity index (χ4n) is 1.99. The first kappa shape index (κ1) is 17.0. The zero-order chi connectivity index (χ0) is 17.0. The summed E-state index contributed by atoms with van der Waals surface area (Å²) in [6.45, 7) is 5.89. The Labute approximate surface area is 139 Å². The van der Waals surface area contributed by atoms with Crippen LogP contribution in [0.1, 0.15) is 18.1 Å². The van der Waals surface area contributed by atoms with E-state index in [0.717, 1.165) is 4.90 Å². The van der Waals surface area contributed by atoms with E-state index in [0.29, 0.717) is 5.69 Å². The number of thioether (sulfide) groups is 1. The number of anilines is 1. The number of nitrogens with zero attached hydrogens (tertiary/aromatic N) is 1. The van der Waals surface area contributed by atoms with Crippen molar-refractivity contribution in [2.45, 2.75) is 30.9 Å². The van der Waals surface area contributed by atoms with E-state index in [9.17, 15) is 14.9 Å². The van der Waals surface area contributed by atoms with Crippen molar-refractivity contribution in [2.75, 3.05) is 5.32 Å². The number of rotatable bonds is 5. The lowest BCUT2D eigenvalue weighted by atomic mass is 10.1. The fraction of sp³-hybridized carbons (Fsp3) is 0.235. The van der Waals surface area contributed by atoms with Gasteiger partial charge in [-0.3, -0.25) is 14.9 Å². The molecule has 0 unspecified atom stereocenters. The molecule has 0 aromatic heterocycles. The Kier molecular flexibility index (Phi) is 5.39. The van der Waals surface area contributed by atoms with Gasteiger partial charge in [-0.2, -0.15) is 0 Å². The zero-order valence-corrected chi connectivity index (χ0v) is 14.0. The highest BCUT2D eigenvalue weighted by molar-refractivity contribution is 8.00. The second kappa shape index (κ2) is 7.28. The smallest absolute Gasteiger partial charge is 0.271 e. The lowest BCUT2D eigenvalue weighted by Gasteiger charge is -2.13. The van der Waals surface area contributed by atoms with Crippen LogP contribution < -0.4 is 5.32 Å². The quantitative estimate of drug-likeness (QED) is 0.503. The lowest BCUT2D eigenvalue weighted by molar-refractivity contribution is -0.384. The van der Waals surface area contributed by atoms with Crippen LogP contribution >= 0.6 is 11.8 Å². The molecular weight excluding hydrogens is 312 g/mol. The second-order valence-electron chi connectivity index (χ2n) is 5.30. The molecule has 0 bridgehead atoms. The van der Waals surface area contributed by atoms with E-state index in [1.54, 1.807) is 12.1 Å². The van der Waals surface area contributed by atoms with Crippen LogP contribution in [0.5, 0.6) is 0 Å². The molecule has 120 valence electrons. The van der Waals surface area contributed by atoms with Gasteiger partial charge >= 0.3 is 0 Å². The number of carbonyl (C=O) groups is 1. The second-order valence-corrected chi connectivity index (χ2v) is 6.72. The van der Waals surface area contributed by atoms with Gasteiger partial charge in [0.2, 0.25) is 5.91 Å². The van der Waals surface area contributed by atoms with Gasteiger partial charge in [0.1, 0.15) is 0 Å². The van der Waals surface area contributed by atoms with E-state index in [1.165, 1.54) is 35.0 Å². The Morgan fingerprint density at radius 2 is 1.91 bits per heavy atom. The number of non-ortho nitro benzene ring substituents is 1. The normalized spacial score (nSPS) is 11.8. The summed E-state index contributed by atoms with van der Waals surface area (Å²) in [7, 11) is 0. The summed E-state index contributed by atoms with van der Waals surface area (Å²) in [5, 5.41) is 13.2. The number of nitro groups is 1. The van der Waals surface area contributed by atoms with E-state index < -0.39 is 4.92 Å². The average molecular weight is 330 g/mol. The highest BCUT2D eigenvalue weighted by atomic mass is 32.2. The number of benzene rings is 2. The molecule has 0 saturated carbocycles. The predicted molar refractivity (Wildman–Crippen MR) is 93.0 cm³/mol. The van der Waals surface area contributed by atoms with Crippen molar-refractivity contribution in [1.29, 1.82) is 0 Å². The minimum Gasteiger partial charge on any atom is -0.325 e. The van der Waals surface area contributed by atoms with Crippen LogP contribution in [0.2, 0.25) is 0 Å². The van der Waals surface area contributed by atoms with Gasteiger partial charge in [0.15, 0.2) is 0 Å². The SMILES string of the molecule is Cc1ccc(S[C@@H](C)C(=O)Nc2cccc([N+](=O)[O-])c2)cc1C. The van der Waals surface area contributed by atoms with E-state index >= 15 is 0 Å². The van der Waals surface area contributed by atoms with Crippen LogP contribution in [0.15, 0.2) is 47.4 Å². The molecule has 0 aliphatic rings. The number of amides is 1. The molecule has 1 atom stereocenters. The molecule has 0 spiro atoms. The summed E-state index contributed by atoms with van der Waals surface area (Å²) in [6, 6.07) is 12.0. The molecule has 0 radical (unpaired) electrons. The Balaban J connectivity index is 2.03. The molecule has 0 saturated heterocycles. The van der Waals surface area contributed by atoms with Crippen molar-refractivity contribution >= 4 is 29.0 Å². The molecule has 2 rings (SSSR count). The molecule has 2 aromatic rings. The Morgan fingerprint density at radius 1 is 1.17 bits per heavy atom. The molecule has 0 fully saturated rings. The number of nitrogens with one attached hydrogen (secondary N) is 1. The van der Waals surface area contributed by atoms with Crippen LogP contribution in [0, 0.1) is 24.0 Å². The molecule has 1 N–H and O–H groups in total. The summed E-state index contributed by atoms with van der Waals surface area (Å²) in [6.07, 6.45) is 0. The van der Waals surface area contributed by atoms with Gasteiger partial charge in [-0.25, -0.2) is 0 Å². The van der Waals surface area contributed by atoms with Crippen molar-refractivity contribution in [1.82, 2.24) is 0 Å². The first-order valence-electron chi connectivity index (χ1n) is 7.16. The molecular formula is C17H18N2O3S. The maximum atomic E-state index is 12.2.